The molecule has 0 unspecified atom stereocenters. The van der Waals surface area contributed by atoms with Gasteiger partial charge in [0.05, 0.1) is 0 Å². The highest BCUT2D eigenvalue weighted by Gasteiger charge is 1.57. The van der Waals surface area contributed by atoms with Gasteiger partial charge in [-0.25, -0.2) is 0 Å². The Bertz CT molecular complexity index is 16.1. The van der Waals surface area contributed by atoms with Crippen molar-refractivity contribution in [1.82, 2.24) is 0 Å². The van der Waals surface area contributed by atoms with Crippen LogP contribution in [0.1, 0.15) is 63.8 Å². The minimum absolute atomic E-state index is 0. The summed E-state index contributed by atoms with van der Waals surface area (Å²) in [6, 6.07) is 0. The second kappa shape index (κ2) is 92.5. The molecule has 0 bridgehead atoms. The second-order valence-electron chi connectivity index (χ2n) is 1.45. The summed E-state index contributed by atoms with van der Waals surface area (Å²) in [6.45, 7) is 4.50. The number of aliphatic hydroxyl groups excluding tert-OH is 2. The molecule has 0 fully saturated rings. The van der Waals surface area contributed by atoms with Crippen LogP contribution in [0.15, 0.2) is 0 Å². The maximum Gasteiger partial charge on any atom is 0.0428 e. The molecule has 0 aromatic rings. The lowest BCUT2D eigenvalue weighted by atomic mass is 10.5. The van der Waals surface area contributed by atoms with Crippen LogP contribution in [0.25, 0.3) is 0 Å². The molecule has 2 N–H and O–H groups in total. The molecule has 0 aromatic heterocycles. The van der Waals surface area contributed by atoms with Crippen molar-refractivity contribution in [2.75, 3.05) is 13.2 Å². The molecule has 0 spiro atoms. The predicted octanol–water partition coefficient (Wildman–Crippen LogP) is 3.96. The summed E-state index contributed by atoms with van der Waals surface area (Å²) in [5.41, 5.74) is 0. The Balaban J connectivity index is -0.00000000800. The van der Waals surface area contributed by atoms with Crippen LogP contribution in [0.5, 0.6) is 0 Å². The molecule has 0 aliphatic heterocycles. The molecule has 0 aliphatic rings. The van der Waals surface area contributed by atoms with Gasteiger partial charge in [-0.2, -0.15) is 0 Å². The van der Waals surface area contributed by atoms with Crippen LogP contribution in [0.4, 0.5) is 0 Å². The molecule has 0 saturated carbocycles. The summed E-state index contributed by atoms with van der Waals surface area (Å²) in [6.07, 6.45) is 1.75. The standard InChI is InChI=1S/2C3H8O.5CH4/c2*1-2-3-4;;;;;/h2*4H,2-3H2,1H3;5*1H4. The van der Waals surface area contributed by atoms with Crippen LogP contribution in [0, 0.1) is 0 Å². The predicted molar refractivity (Wildman–Crippen MR) is 68.4 cm³/mol. The van der Waals surface area contributed by atoms with Crippen LogP contribution in [0.3, 0.4) is 0 Å². The van der Waals surface area contributed by atoms with E-state index in [0.29, 0.717) is 13.2 Å². The normalized spacial score (nSPS) is 4.62. The van der Waals surface area contributed by atoms with Crippen LogP contribution in [0.2, 0.25) is 0 Å². The fourth-order valence-corrected chi connectivity index (χ4v) is 0. The molecule has 92 valence electrons. The zero-order valence-corrected chi connectivity index (χ0v) is 5.72. The Morgan fingerprint density at radius 3 is 0.692 bits per heavy atom. The summed E-state index contributed by atoms with van der Waals surface area (Å²) < 4.78 is 0. The first-order chi connectivity index (χ1) is 3.83. The van der Waals surface area contributed by atoms with Gasteiger partial charge in [-0.1, -0.05) is 51.0 Å². The SMILES string of the molecule is C.C.C.C.C.CCCO.CCCO. The fraction of sp³-hybridized carbons (Fsp3) is 1.00. The van der Waals surface area contributed by atoms with Gasteiger partial charge in [-0.05, 0) is 12.8 Å². The van der Waals surface area contributed by atoms with Crippen LogP contribution in [-0.2, 0) is 0 Å². The van der Waals surface area contributed by atoms with Gasteiger partial charge in [0, 0.05) is 13.2 Å². The van der Waals surface area contributed by atoms with Gasteiger partial charge in [0.25, 0.3) is 0 Å². The quantitative estimate of drug-likeness (QED) is 0.708. The molecule has 0 radical (unpaired) electrons. The molecular formula is C11H36O2. The van der Waals surface area contributed by atoms with E-state index in [1.807, 2.05) is 13.8 Å². The minimum atomic E-state index is 0. The molecule has 2 nitrogen and oxygen atoms in total. The molecule has 13 heavy (non-hydrogen) atoms. The summed E-state index contributed by atoms with van der Waals surface area (Å²) in [4.78, 5) is 0. The maximum absolute atomic E-state index is 7.88. The summed E-state index contributed by atoms with van der Waals surface area (Å²) in [7, 11) is 0. The van der Waals surface area contributed by atoms with Crippen molar-refractivity contribution in [3.63, 3.8) is 0 Å². The lowest BCUT2D eigenvalue weighted by Crippen LogP contribution is -1.69. The molecule has 0 amide bonds. The van der Waals surface area contributed by atoms with E-state index < -0.39 is 0 Å². The van der Waals surface area contributed by atoms with Gasteiger partial charge < -0.3 is 10.2 Å². The third-order valence-corrected chi connectivity index (χ3v) is 0.447. The average Bonchev–Trinajstić information content (AvgIpc) is 1.88. The summed E-state index contributed by atoms with van der Waals surface area (Å²) in [5, 5.41) is 15.8. The summed E-state index contributed by atoms with van der Waals surface area (Å²) in [5.74, 6) is 0. The van der Waals surface area contributed by atoms with E-state index in [-0.39, 0.29) is 37.1 Å². The summed E-state index contributed by atoms with van der Waals surface area (Å²) >= 11 is 0. The van der Waals surface area contributed by atoms with Crippen molar-refractivity contribution in [1.29, 1.82) is 0 Å². The topological polar surface area (TPSA) is 40.5 Å². The molecule has 0 aromatic carbocycles. The Morgan fingerprint density at radius 1 is 0.615 bits per heavy atom. The van der Waals surface area contributed by atoms with E-state index in [2.05, 4.69) is 0 Å². The van der Waals surface area contributed by atoms with Crippen LogP contribution >= 0.6 is 0 Å². The number of aliphatic hydroxyl groups is 2. The van der Waals surface area contributed by atoms with Gasteiger partial charge in [0.2, 0.25) is 0 Å². The molecule has 0 heterocycles. The first-order valence-corrected chi connectivity index (χ1v) is 3.05. The fourth-order valence-electron chi connectivity index (χ4n) is 0. The van der Waals surface area contributed by atoms with E-state index in [1.165, 1.54) is 0 Å². The third-order valence-electron chi connectivity index (χ3n) is 0.447. The number of hydrogen-bond acceptors (Lipinski definition) is 2. The van der Waals surface area contributed by atoms with E-state index in [4.69, 9.17) is 10.2 Å². The van der Waals surface area contributed by atoms with Crippen molar-refractivity contribution >= 4 is 0 Å². The van der Waals surface area contributed by atoms with Crippen LogP contribution in [-0.4, -0.2) is 23.4 Å². The molecular weight excluding hydrogens is 164 g/mol. The molecule has 0 aliphatic carbocycles. The van der Waals surface area contributed by atoms with E-state index >= 15 is 0 Å². The smallest absolute Gasteiger partial charge is 0.0428 e. The van der Waals surface area contributed by atoms with Crippen molar-refractivity contribution in [2.45, 2.75) is 63.8 Å². The van der Waals surface area contributed by atoms with Crippen molar-refractivity contribution in [2.24, 2.45) is 0 Å². The Kier molecular flexibility index (Phi) is 373. The second-order valence-corrected chi connectivity index (χ2v) is 1.45. The zero-order chi connectivity index (χ0) is 6.83. The Labute approximate surface area is 88.0 Å². The van der Waals surface area contributed by atoms with Crippen molar-refractivity contribution in [3.8, 4) is 0 Å². The molecule has 0 saturated heterocycles. The molecule has 2 heteroatoms. The molecule has 0 atom stereocenters. The van der Waals surface area contributed by atoms with Gasteiger partial charge in [0.1, 0.15) is 0 Å². The van der Waals surface area contributed by atoms with E-state index in [1.54, 1.807) is 0 Å². The van der Waals surface area contributed by atoms with E-state index in [0.717, 1.165) is 12.8 Å². The van der Waals surface area contributed by atoms with Crippen molar-refractivity contribution < 1.29 is 10.2 Å². The van der Waals surface area contributed by atoms with E-state index in [9.17, 15) is 0 Å². The highest BCUT2D eigenvalue weighted by Crippen LogP contribution is 1.61. The lowest BCUT2D eigenvalue weighted by molar-refractivity contribution is 0.294. The van der Waals surface area contributed by atoms with Gasteiger partial charge >= 0.3 is 0 Å². The monoisotopic (exact) mass is 200 g/mol. The first kappa shape index (κ1) is 52.4. The number of rotatable bonds is 2. The Hall–Kier alpha value is -0.0800. The van der Waals surface area contributed by atoms with Gasteiger partial charge in [-0.3, -0.25) is 0 Å². The van der Waals surface area contributed by atoms with Crippen LogP contribution < -0.4 is 0 Å². The zero-order valence-electron chi connectivity index (χ0n) is 5.72. The third kappa shape index (κ3) is 318. The van der Waals surface area contributed by atoms with Gasteiger partial charge in [-0.15, -0.1) is 0 Å². The lowest BCUT2D eigenvalue weighted by Gasteiger charge is -1.69. The number of hydrogen-bond donors (Lipinski definition) is 2. The van der Waals surface area contributed by atoms with Gasteiger partial charge in [0.15, 0.2) is 0 Å². The Morgan fingerprint density at radius 2 is 0.692 bits per heavy atom. The largest absolute Gasteiger partial charge is 0.396 e. The first-order valence-electron chi connectivity index (χ1n) is 3.05. The highest BCUT2D eigenvalue weighted by atomic mass is 16.3. The minimum Gasteiger partial charge on any atom is -0.396 e. The highest BCUT2D eigenvalue weighted by molar-refractivity contribution is 4.10. The molecule has 0 rings (SSSR count). The maximum atomic E-state index is 7.88. The van der Waals surface area contributed by atoms with Crippen molar-refractivity contribution in [3.05, 3.63) is 0 Å². The average molecular weight is 200 g/mol.